The van der Waals surface area contributed by atoms with E-state index in [1.54, 1.807) is 29.9 Å². The lowest BCUT2D eigenvalue weighted by atomic mass is 10.0. The van der Waals surface area contributed by atoms with Crippen LogP contribution in [0.2, 0.25) is 0 Å². The third kappa shape index (κ3) is 3.20. The Bertz CT molecular complexity index is 1120. The van der Waals surface area contributed by atoms with E-state index >= 15 is 0 Å². The van der Waals surface area contributed by atoms with Crippen LogP contribution in [0, 0.1) is 0 Å². The predicted octanol–water partition coefficient (Wildman–Crippen LogP) is 2.39. The van der Waals surface area contributed by atoms with Crippen LogP contribution in [-0.2, 0) is 4.79 Å². The second-order valence-corrected chi connectivity index (χ2v) is 7.46. The molecule has 1 atom stereocenters. The summed E-state index contributed by atoms with van der Waals surface area (Å²) in [6, 6.07) is 7.48. The maximum atomic E-state index is 12.3. The van der Waals surface area contributed by atoms with E-state index < -0.39 is 0 Å². The molecule has 4 bridgehead atoms. The topological polar surface area (TPSA) is 88.8 Å². The molecule has 2 aromatic heterocycles. The van der Waals surface area contributed by atoms with Crippen molar-refractivity contribution in [3.63, 3.8) is 0 Å². The van der Waals surface area contributed by atoms with Crippen LogP contribution < -0.4 is 10.1 Å². The SMILES string of the molecule is CC(=O)c1cc2cc(c1)-c1cnn3ccc(nc13)OCC1CCC(=O)N1CCN2. The summed E-state index contributed by atoms with van der Waals surface area (Å²) in [7, 11) is 0. The van der Waals surface area contributed by atoms with E-state index in [1.807, 2.05) is 23.1 Å². The number of benzene rings is 1. The summed E-state index contributed by atoms with van der Waals surface area (Å²) in [5.41, 5.74) is 3.78. The van der Waals surface area contributed by atoms with Crippen molar-refractivity contribution >= 4 is 23.0 Å². The molecule has 0 radical (unpaired) electrons. The average molecular weight is 391 g/mol. The predicted molar refractivity (Wildman–Crippen MR) is 107 cm³/mol. The fourth-order valence-electron chi connectivity index (χ4n) is 4.00. The quantitative estimate of drug-likeness (QED) is 0.641. The normalized spacial score (nSPS) is 18.9. The number of carbonyl (C=O) groups is 2. The number of hydrogen-bond acceptors (Lipinski definition) is 6. The summed E-state index contributed by atoms with van der Waals surface area (Å²) in [4.78, 5) is 30.9. The van der Waals surface area contributed by atoms with Crippen LogP contribution in [0.15, 0.2) is 36.7 Å². The minimum Gasteiger partial charge on any atom is -0.475 e. The highest BCUT2D eigenvalue weighted by Gasteiger charge is 2.31. The van der Waals surface area contributed by atoms with Crippen molar-refractivity contribution in [3.05, 3.63) is 42.2 Å². The number of fused-ring (bicyclic) bond motifs is 5. The van der Waals surface area contributed by atoms with Crippen molar-refractivity contribution in [2.75, 3.05) is 25.0 Å². The van der Waals surface area contributed by atoms with Crippen molar-refractivity contribution < 1.29 is 14.3 Å². The van der Waals surface area contributed by atoms with Gasteiger partial charge >= 0.3 is 0 Å². The van der Waals surface area contributed by atoms with Crippen molar-refractivity contribution in [1.29, 1.82) is 0 Å². The molecule has 2 aliphatic heterocycles. The highest BCUT2D eigenvalue weighted by molar-refractivity contribution is 5.97. The minimum atomic E-state index is -0.0146. The van der Waals surface area contributed by atoms with Crippen LogP contribution in [-0.4, -0.2) is 56.9 Å². The first-order valence-corrected chi connectivity index (χ1v) is 9.75. The number of anilines is 1. The number of rotatable bonds is 1. The Hall–Kier alpha value is -3.42. The molecule has 0 saturated carbocycles. The van der Waals surface area contributed by atoms with Gasteiger partial charge in [-0.1, -0.05) is 0 Å². The van der Waals surface area contributed by atoms with E-state index in [0.717, 1.165) is 23.2 Å². The molecule has 3 aromatic rings. The molecule has 29 heavy (non-hydrogen) atoms. The van der Waals surface area contributed by atoms with E-state index in [-0.39, 0.29) is 17.7 Å². The minimum absolute atomic E-state index is 0.0146. The van der Waals surface area contributed by atoms with Gasteiger partial charge in [0.05, 0.1) is 12.2 Å². The van der Waals surface area contributed by atoms with Crippen LogP contribution in [0.4, 0.5) is 5.69 Å². The summed E-state index contributed by atoms with van der Waals surface area (Å²) in [5.74, 6) is 0.628. The maximum Gasteiger partial charge on any atom is 0.223 e. The number of ether oxygens (including phenoxy) is 1. The molecule has 5 rings (SSSR count). The Morgan fingerprint density at radius 3 is 3.07 bits per heavy atom. The highest BCUT2D eigenvalue weighted by Crippen LogP contribution is 2.29. The van der Waals surface area contributed by atoms with Crippen LogP contribution in [0.3, 0.4) is 0 Å². The largest absolute Gasteiger partial charge is 0.475 e. The zero-order valence-electron chi connectivity index (χ0n) is 16.1. The van der Waals surface area contributed by atoms with Gasteiger partial charge in [-0.05, 0) is 37.1 Å². The lowest BCUT2D eigenvalue weighted by Crippen LogP contribution is -2.40. The first-order chi connectivity index (χ1) is 14.1. The lowest BCUT2D eigenvalue weighted by Gasteiger charge is -2.25. The molecule has 1 amide bonds. The molecule has 1 unspecified atom stereocenters. The number of hydrogen-bond donors (Lipinski definition) is 1. The molecule has 4 heterocycles. The first-order valence-electron chi connectivity index (χ1n) is 9.75. The van der Waals surface area contributed by atoms with Gasteiger partial charge < -0.3 is 15.0 Å². The number of amides is 1. The van der Waals surface area contributed by atoms with Crippen LogP contribution in [0.5, 0.6) is 5.88 Å². The molecule has 1 fully saturated rings. The average Bonchev–Trinajstić information content (AvgIpc) is 3.29. The van der Waals surface area contributed by atoms with E-state index in [9.17, 15) is 9.59 Å². The monoisotopic (exact) mass is 391 g/mol. The van der Waals surface area contributed by atoms with Gasteiger partial charge in [0.25, 0.3) is 0 Å². The molecule has 1 aromatic carbocycles. The van der Waals surface area contributed by atoms with Gasteiger partial charge in [0.15, 0.2) is 11.4 Å². The standard InChI is InChI=1S/C21H21N5O3/c1-13(27)14-8-15-10-16(9-14)22-5-7-25-17(2-3-20(25)28)12-29-19-4-6-26-21(24-19)18(15)11-23-26/h4,6,8-11,17,22H,2-3,5,7,12H2,1H3. The van der Waals surface area contributed by atoms with Crippen molar-refractivity contribution in [2.24, 2.45) is 0 Å². The fourth-order valence-corrected chi connectivity index (χ4v) is 4.00. The zero-order valence-corrected chi connectivity index (χ0v) is 16.1. The van der Waals surface area contributed by atoms with Crippen LogP contribution in [0.25, 0.3) is 16.8 Å². The zero-order chi connectivity index (χ0) is 20.0. The Morgan fingerprint density at radius 2 is 2.21 bits per heavy atom. The van der Waals surface area contributed by atoms with Crippen molar-refractivity contribution in [1.82, 2.24) is 19.5 Å². The fraction of sp³-hybridized carbons (Fsp3) is 0.333. The van der Waals surface area contributed by atoms with Gasteiger partial charge in [-0.2, -0.15) is 10.1 Å². The number of nitrogens with one attached hydrogen (secondary N) is 1. The Morgan fingerprint density at radius 1 is 1.31 bits per heavy atom. The number of aromatic nitrogens is 3. The second-order valence-electron chi connectivity index (χ2n) is 7.46. The van der Waals surface area contributed by atoms with Gasteiger partial charge in [-0.25, -0.2) is 4.52 Å². The Balaban J connectivity index is 1.63. The molecule has 1 saturated heterocycles. The van der Waals surface area contributed by atoms with Gasteiger partial charge in [0, 0.05) is 48.6 Å². The molecular weight excluding hydrogens is 370 g/mol. The Labute approximate surface area is 167 Å². The summed E-state index contributed by atoms with van der Waals surface area (Å²) < 4.78 is 7.63. The third-order valence-electron chi connectivity index (χ3n) is 5.55. The molecule has 0 aliphatic carbocycles. The molecule has 8 heteroatoms. The maximum absolute atomic E-state index is 12.3. The van der Waals surface area contributed by atoms with Gasteiger partial charge in [0.1, 0.15) is 6.61 Å². The number of Topliss-reactive ketones (excluding diaryl/α,β-unsaturated/α-hetero) is 1. The van der Waals surface area contributed by atoms with E-state index in [0.29, 0.717) is 43.2 Å². The summed E-state index contributed by atoms with van der Waals surface area (Å²) >= 11 is 0. The summed E-state index contributed by atoms with van der Waals surface area (Å²) in [5, 5.41) is 7.75. The van der Waals surface area contributed by atoms with Gasteiger partial charge in [0.2, 0.25) is 11.8 Å². The summed E-state index contributed by atoms with van der Waals surface area (Å²) in [6.45, 7) is 3.14. The van der Waals surface area contributed by atoms with E-state index in [1.165, 1.54) is 0 Å². The molecule has 2 aliphatic rings. The van der Waals surface area contributed by atoms with Gasteiger partial charge in [-0.15, -0.1) is 0 Å². The molecule has 1 N–H and O–H groups in total. The van der Waals surface area contributed by atoms with E-state index in [4.69, 9.17) is 4.74 Å². The molecular formula is C21H21N5O3. The van der Waals surface area contributed by atoms with Crippen LogP contribution in [0.1, 0.15) is 30.1 Å². The third-order valence-corrected chi connectivity index (χ3v) is 5.55. The highest BCUT2D eigenvalue weighted by atomic mass is 16.5. The molecule has 8 nitrogen and oxygen atoms in total. The Kier molecular flexibility index (Phi) is 4.19. The first kappa shape index (κ1) is 17.7. The van der Waals surface area contributed by atoms with Crippen LogP contribution >= 0.6 is 0 Å². The van der Waals surface area contributed by atoms with Crippen molar-refractivity contribution in [3.8, 4) is 17.0 Å². The summed E-state index contributed by atoms with van der Waals surface area (Å²) in [6.07, 6.45) is 4.87. The smallest absolute Gasteiger partial charge is 0.223 e. The number of ketones is 1. The number of carbonyl (C=O) groups excluding carboxylic acids is 2. The second kappa shape index (κ2) is 6.88. The lowest BCUT2D eigenvalue weighted by molar-refractivity contribution is -0.129. The molecule has 148 valence electrons. The van der Waals surface area contributed by atoms with E-state index in [2.05, 4.69) is 15.4 Å². The molecule has 0 spiro atoms. The van der Waals surface area contributed by atoms with Gasteiger partial charge in [-0.3, -0.25) is 9.59 Å². The number of nitrogens with zero attached hydrogens (tertiary/aromatic N) is 4. The van der Waals surface area contributed by atoms with Crippen molar-refractivity contribution in [2.45, 2.75) is 25.8 Å².